The molecule has 0 aliphatic carbocycles. The zero-order valence-electron chi connectivity index (χ0n) is 17.0. The van der Waals surface area contributed by atoms with Gasteiger partial charge in [-0.1, -0.05) is 30.3 Å². The third-order valence-corrected chi connectivity index (χ3v) is 6.26. The number of carbonyl (C=O) groups is 2. The van der Waals surface area contributed by atoms with Gasteiger partial charge in [-0.05, 0) is 48.0 Å². The van der Waals surface area contributed by atoms with Crippen molar-refractivity contribution in [2.45, 2.75) is 10.6 Å². The third-order valence-electron chi connectivity index (χ3n) is 4.56. The molecule has 3 rings (SSSR count). The number of nitrogens with one attached hydrogen (secondary N) is 1. The molecule has 1 amide bonds. The lowest BCUT2D eigenvalue weighted by atomic mass is 10.1. The molecule has 0 aliphatic rings. The zero-order chi connectivity index (χ0) is 22.4. The maximum atomic E-state index is 12.6. The van der Waals surface area contributed by atoms with Gasteiger partial charge in [-0.2, -0.15) is 0 Å². The summed E-state index contributed by atoms with van der Waals surface area (Å²) in [6, 6.07) is 19.1. The molecule has 1 N–H and O–H groups in total. The summed E-state index contributed by atoms with van der Waals surface area (Å²) in [5, 5.41) is 2.67. The summed E-state index contributed by atoms with van der Waals surface area (Å²) >= 11 is 0. The molecule has 0 unspecified atom stereocenters. The van der Waals surface area contributed by atoms with Gasteiger partial charge in [0.2, 0.25) is 0 Å². The highest BCUT2D eigenvalue weighted by Gasteiger charge is 2.18. The third kappa shape index (κ3) is 5.29. The van der Waals surface area contributed by atoms with Gasteiger partial charge in [-0.25, -0.2) is 13.2 Å². The van der Waals surface area contributed by atoms with Gasteiger partial charge in [0.25, 0.3) is 5.91 Å². The molecular weight excluding hydrogens is 418 g/mol. The summed E-state index contributed by atoms with van der Waals surface area (Å²) < 4.78 is 34.9. The van der Waals surface area contributed by atoms with E-state index >= 15 is 0 Å². The van der Waals surface area contributed by atoms with Crippen molar-refractivity contribution < 1.29 is 27.5 Å². The largest absolute Gasteiger partial charge is 0.497 e. The lowest BCUT2D eigenvalue weighted by Gasteiger charge is -2.12. The van der Waals surface area contributed by atoms with Crippen molar-refractivity contribution in [1.29, 1.82) is 0 Å². The van der Waals surface area contributed by atoms with Crippen LogP contribution in [-0.4, -0.2) is 34.5 Å². The van der Waals surface area contributed by atoms with Crippen molar-refractivity contribution in [3.8, 4) is 5.75 Å². The van der Waals surface area contributed by atoms with E-state index in [0.717, 1.165) is 0 Å². The Bertz CT molecular complexity index is 1190. The molecule has 0 spiro atoms. The van der Waals surface area contributed by atoms with Crippen molar-refractivity contribution in [1.82, 2.24) is 0 Å². The number of carbonyl (C=O) groups excluding carboxylic acids is 2. The lowest BCUT2D eigenvalue weighted by Crippen LogP contribution is -2.15. The number of sulfone groups is 1. The van der Waals surface area contributed by atoms with Gasteiger partial charge >= 0.3 is 5.97 Å². The van der Waals surface area contributed by atoms with Crippen LogP contribution in [0.15, 0.2) is 77.7 Å². The van der Waals surface area contributed by atoms with Crippen LogP contribution in [0.4, 0.5) is 5.69 Å². The van der Waals surface area contributed by atoms with E-state index < -0.39 is 21.7 Å². The van der Waals surface area contributed by atoms with Crippen LogP contribution in [-0.2, 0) is 20.3 Å². The van der Waals surface area contributed by atoms with Crippen molar-refractivity contribution in [3.63, 3.8) is 0 Å². The van der Waals surface area contributed by atoms with Crippen LogP contribution in [0, 0.1) is 0 Å². The normalized spacial score (nSPS) is 10.9. The minimum absolute atomic E-state index is 0.153. The highest BCUT2D eigenvalue weighted by atomic mass is 32.2. The fourth-order valence-electron chi connectivity index (χ4n) is 2.92. The molecule has 0 aromatic heterocycles. The van der Waals surface area contributed by atoms with Crippen LogP contribution < -0.4 is 10.1 Å². The minimum atomic E-state index is -3.48. The molecule has 0 radical (unpaired) electrons. The molecule has 160 valence electrons. The number of anilines is 1. The molecule has 3 aromatic rings. The van der Waals surface area contributed by atoms with Gasteiger partial charge in [-0.15, -0.1) is 0 Å². The second kappa shape index (κ2) is 9.44. The van der Waals surface area contributed by atoms with E-state index in [4.69, 9.17) is 9.47 Å². The van der Waals surface area contributed by atoms with Crippen molar-refractivity contribution >= 4 is 27.4 Å². The summed E-state index contributed by atoms with van der Waals surface area (Å²) in [5.74, 6) is -0.796. The average molecular weight is 439 g/mol. The van der Waals surface area contributed by atoms with Crippen LogP contribution in [0.1, 0.15) is 26.3 Å². The van der Waals surface area contributed by atoms with E-state index in [9.17, 15) is 18.0 Å². The van der Waals surface area contributed by atoms with Crippen LogP contribution in [0.2, 0.25) is 0 Å². The quantitative estimate of drug-likeness (QED) is 0.564. The Morgan fingerprint density at radius 2 is 1.58 bits per heavy atom. The van der Waals surface area contributed by atoms with Gasteiger partial charge in [0, 0.05) is 5.56 Å². The molecule has 0 fully saturated rings. The molecule has 0 bridgehead atoms. The molecule has 7 nitrogen and oxygen atoms in total. The molecule has 0 saturated heterocycles. The number of methoxy groups -OCH3 is 2. The van der Waals surface area contributed by atoms with Crippen LogP contribution in [0.3, 0.4) is 0 Å². The monoisotopic (exact) mass is 439 g/mol. The molecule has 0 saturated carbocycles. The van der Waals surface area contributed by atoms with Crippen molar-refractivity contribution in [3.05, 3.63) is 89.5 Å². The molecule has 31 heavy (non-hydrogen) atoms. The lowest BCUT2D eigenvalue weighted by molar-refractivity contribution is 0.0601. The first-order chi connectivity index (χ1) is 14.8. The summed E-state index contributed by atoms with van der Waals surface area (Å²) in [6.07, 6.45) is 0. The van der Waals surface area contributed by atoms with Gasteiger partial charge in [0.15, 0.2) is 9.84 Å². The Morgan fingerprint density at radius 3 is 2.19 bits per heavy atom. The molecular formula is C23H21NO6S. The first kappa shape index (κ1) is 22.0. The molecule has 3 aromatic carbocycles. The average Bonchev–Trinajstić information content (AvgIpc) is 2.79. The van der Waals surface area contributed by atoms with E-state index in [1.165, 1.54) is 32.4 Å². The Labute approximate surface area is 180 Å². The molecule has 0 atom stereocenters. The number of hydrogen-bond donors (Lipinski definition) is 1. The zero-order valence-corrected chi connectivity index (χ0v) is 17.8. The second-order valence-electron chi connectivity index (χ2n) is 6.63. The van der Waals surface area contributed by atoms with Crippen molar-refractivity contribution in [2.75, 3.05) is 19.5 Å². The fourth-order valence-corrected chi connectivity index (χ4v) is 4.29. The number of rotatable bonds is 7. The summed E-state index contributed by atoms with van der Waals surface area (Å²) in [5.41, 5.74) is 1.29. The topological polar surface area (TPSA) is 98.8 Å². The Kier molecular flexibility index (Phi) is 6.71. The Balaban J connectivity index is 1.76. The first-order valence-electron chi connectivity index (χ1n) is 9.28. The number of esters is 1. The minimum Gasteiger partial charge on any atom is -0.497 e. The molecule has 8 heteroatoms. The van der Waals surface area contributed by atoms with E-state index in [2.05, 4.69) is 5.32 Å². The van der Waals surface area contributed by atoms with Crippen molar-refractivity contribution in [2.24, 2.45) is 0 Å². The van der Waals surface area contributed by atoms with Crippen LogP contribution in [0.25, 0.3) is 0 Å². The van der Waals surface area contributed by atoms with Gasteiger partial charge in [0.05, 0.1) is 36.1 Å². The number of amides is 1. The SMILES string of the molecule is COC(=O)c1cc(OC)ccc1NC(=O)c1ccc(CS(=O)(=O)c2ccccc2)cc1. The number of hydrogen-bond acceptors (Lipinski definition) is 6. The van der Waals surface area contributed by atoms with Gasteiger partial charge < -0.3 is 14.8 Å². The number of benzene rings is 3. The first-order valence-corrected chi connectivity index (χ1v) is 10.9. The molecule has 0 heterocycles. The number of ether oxygens (including phenoxy) is 2. The summed E-state index contributed by atoms with van der Waals surface area (Å²) in [6.45, 7) is 0. The second-order valence-corrected chi connectivity index (χ2v) is 8.62. The van der Waals surface area contributed by atoms with E-state index in [1.807, 2.05) is 0 Å². The molecule has 0 aliphatic heterocycles. The highest BCUT2D eigenvalue weighted by molar-refractivity contribution is 7.90. The fraction of sp³-hybridized carbons (Fsp3) is 0.130. The smallest absolute Gasteiger partial charge is 0.340 e. The van der Waals surface area contributed by atoms with E-state index in [1.54, 1.807) is 54.6 Å². The predicted molar refractivity (Wildman–Crippen MR) is 116 cm³/mol. The predicted octanol–water partition coefficient (Wildman–Crippen LogP) is 3.71. The van der Waals surface area contributed by atoms with Gasteiger partial charge in [-0.3, -0.25) is 4.79 Å². The van der Waals surface area contributed by atoms with E-state index in [0.29, 0.717) is 16.9 Å². The Morgan fingerprint density at radius 1 is 0.903 bits per heavy atom. The van der Waals surface area contributed by atoms with E-state index in [-0.39, 0.29) is 21.9 Å². The Hall–Kier alpha value is -3.65. The standard InChI is InChI=1S/C23H21NO6S/c1-29-18-12-13-21(20(14-18)23(26)30-2)24-22(25)17-10-8-16(9-11-17)15-31(27,28)19-6-4-3-5-7-19/h3-14H,15H2,1-2H3,(H,24,25). The maximum absolute atomic E-state index is 12.6. The van der Waals surface area contributed by atoms with Gasteiger partial charge in [0.1, 0.15) is 5.75 Å². The summed E-state index contributed by atoms with van der Waals surface area (Å²) in [7, 11) is -0.771. The highest BCUT2D eigenvalue weighted by Crippen LogP contribution is 2.24. The summed E-state index contributed by atoms with van der Waals surface area (Å²) in [4.78, 5) is 24.9. The van der Waals surface area contributed by atoms with Crippen LogP contribution in [0.5, 0.6) is 5.75 Å². The van der Waals surface area contributed by atoms with Crippen LogP contribution >= 0.6 is 0 Å². The maximum Gasteiger partial charge on any atom is 0.340 e.